The predicted molar refractivity (Wildman–Crippen MR) is 578 cm³/mol. The zero-order chi connectivity index (χ0) is 105. The number of nitriles is 4. The summed E-state index contributed by atoms with van der Waals surface area (Å²) in [6.45, 7) is 55.6. The van der Waals surface area contributed by atoms with E-state index in [-0.39, 0.29) is 132 Å². The van der Waals surface area contributed by atoms with E-state index in [1.54, 1.807) is 68.5 Å². The maximum Gasteiger partial charge on any atom is 2.00 e. The molecule has 148 heavy (non-hydrogen) atoms. The summed E-state index contributed by atoms with van der Waals surface area (Å²) < 4.78 is 39.9. The number of methoxy groups -OCH3 is 8. The number of unbranched alkanes of at least 4 members (excludes halogenated alkanes) is 8. The molecule has 0 atom stereocenters. The Kier molecular flexibility index (Phi) is 53.4. The molecule has 6 aromatic heterocycles. The van der Waals surface area contributed by atoms with Crippen LogP contribution in [0.5, 0.6) is 0 Å². The average Bonchev–Trinajstić information content (AvgIpc) is 1.58. The zero-order valence-electron chi connectivity index (χ0n) is 87.5. The number of aromatic nitrogens is 16. The monoisotopic (exact) mass is 2080 g/mol. The fraction of sp³-hybridized carbons (Fsp3) is 0.360. The topological polar surface area (TPSA) is 388 Å². The minimum Gasteiger partial charge on any atom is -0.385 e. The van der Waals surface area contributed by atoms with Gasteiger partial charge in [-0.25, -0.2) is 39.6 Å². The summed E-state index contributed by atoms with van der Waals surface area (Å²) in [5.74, 6) is 2.56. The van der Waals surface area contributed by atoms with Gasteiger partial charge in [0.2, 0.25) is 11.4 Å². The number of hydrogen-bond donors (Lipinski definition) is 0. The molecular formula is C114H126Co2N24O8. The van der Waals surface area contributed by atoms with Crippen LogP contribution in [0, 0.1) is 79.0 Å². The molecule has 2 radical (unpaired) electrons. The Morgan fingerprint density at radius 2 is 0.459 bits per heavy atom. The van der Waals surface area contributed by atoms with E-state index in [9.17, 15) is 21.0 Å². The summed E-state index contributed by atoms with van der Waals surface area (Å²) in [6, 6.07) is 52.0. The first kappa shape index (κ1) is 122. The van der Waals surface area contributed by atoms with Crippen molar-refractivity contribution in [3.63, 3.8) is 0 Å². The number of rotatable bonds is 24. The number of nitrogens with zero attached hydrogens (tertiary/aromatic N) is 24. The molecular weight excluding hydrogens is 1950 g/mol. The SMILES string of the molecule is CCCCOC.CCCCOC.CCCCOC.CCCCOC.CCCCOC.CCCCOC.CCCCOC.CCCCOC.[C-]#[N+]c1cc2c(cc1C#N)-c1nc-2nc2c3cc([N+]#[C-])c([N+]#[C-])cc3c(nc3nc(nc4[n-]c(n1)c1cc(C#N)c(C#N)cc41)-c1cc(C#N)c([N+]#[C-])cc1-3)n2C.[CH3-].[Co+2].[Co+2].c1ccc2c(c1)-c1nc-2nc2[n-]c(nc3nc(nc4[n-]c(n1)c1ccccc41)-c1ccccc1-3)c1ccccc21. The van der Waals surface area contributed by atoms with Gasteiger partial charge in [-0.1, -0.05) is 216 Å². The Morgan fingerprint density at radius 3 is 0.662 bits per heavy atom. The molecule has 4 aliphatic heterocycles. The van der Waals surface area contributed by atoms with Crippen molar-refractivity contribution >= 4 is 111 Å². The molecule has 0 N–H and O–H groups in total. The third-order valence-electron chi connectivity index (χ3n) is 22.5. The fourth-order valence-corrected chi connectivity index (χ4v) is 14.6. The third kappa shape index (κ3) is 31.6. The van der Waals surface area contributed by atoms with Crippen LogP contribution in [0.3, 0.4) is 0 Å². The van der Waals surface area contributed by atoms with Crippen LogP contribution >= 0.6 is 0 Å². The standard InChI is InChI=1S/C41H11N16.C32H16N8.8C5H12O.CH3.2Co/c1-46-30-10-26-24(8-20(30)16-44)36-51-34-22-6-18(14-42)19(15-43)7-23(22)35(50-34)52-37-25-9-21(17-45)31(47-2)11-27(25)39(54-37)56-41-29-13-33(49-4)32(48-3)12-28(29)40(57(41)5)55-38(26)53-36;1-2-10-18-17(9-1)25-33-26(18)38-28-21-13-5-6-14-22(21)30(35-28)40-32-24-16-8-7-15-23(24)31(36-32)39-29-20-12-4-3-11-19(20)27(34-29)37-25;8*1-3-4-5-6-2;;;/h6-13H,5H3;1-16H;8*3-5H2,1-2H3;1H3;;/q-1;-2;;;;;;;;;-1;2*+2. The van der Waals surface area contributed by atoms with Crippen molar-refractivity contribution in [1.82, 2.24) is 79.3 Å². The van der Waals surface area contributed by atoms with Crippen molar-refractivity contribution in [2.24, 2.45) is 7.05 Å². The van der Waals surface area contributed by atoms with Crippen molar-refractivity contribution < 1.29 is 71.5 Å². The van der Waals surface area contributed by atoms with Crippen molar-refractivity contribution in [3.05, 3.63) is 221 Å². The zero-order valence-corrected chi connectivity index (χ0v) is 89.6. The molecule has 14 aromatic rings. The first-order valence-corrected chi connectivity index (χ1v) is 48.4. The van der Waals surface area contributed by atoms with E-state index in [1.807, 2.05) is 121 Å². The molecule has 10 heterocycles. The molecule has 0 saturated carbocycles. The molecule has 16 bridgehead atoms. The molecule has 0 saturated heterocycles. The second-order valence-corrected chi connectivity index (χ2v) is 32.9. The Bertz CT molecular complexity index is 6830. The van der Waals surface area contributed by atoms with Gasteiger partial charge in [-0.3, -0.25) is 9.69 Å². The number of hydrogen-bond acceptors (Lipinski definition) is 24. The van der Waals surface area contributed by atoms with Crippen molar-refractivity contribution in [1.29, 1.82) is 21.0 Å². The number of aryl methyl sites for hydroxylation is 1. The van der Waals surface area contributed by atoms with E-state index in [4.69, 9.17) is 139 Å². The van der Waals surface area contributed by atoms with Gasteiger partial charge in [-0.2, -0.15) is 21.0 Å². The van der Waals surface area contributed by atoms with Gasteiger partial charge in [0.05, 0.1) is 95.6 Å². The van der Waals surface area contributed by atoms with Gasteiger partial charge < -0.3 is 94.7 Å². The van der Waals surface area contributed by atoms with Gasteiger partial charge in [0.25, 0.3) is 0 Å². The summed E-state index contributed by atoms with van der Waals surface area (Å²) in [5.41, 5.74) is 8.43. The fourth-order valence-electron chi connectivity index (χ4n) is 14.6. The Morgan fingerprint density at radius 1 is 0.257 bits per heavy atom. The quantitative estimate of drug-likeness (QED) is 0.0400. The predicted octanol–water partition coefficient (Wildman–Crippen LogP) is 26.2. The number of ether oxygens (including phenoxy) is 8. The van der Waals surface area contributed by atoms with Crippen LogP contribution in [0.1, 0.15) is 180 Å². The van der Waals surface area contributed by atoms with Crippen LogP contribution in [0.15, 0.2) is 146 Å². The molecule has 0 amide bonds. The molecule has 0 fully saturated rings. The average molecular weight is 2080 g/mol. The largest absolute Gasteiger partial charge is 2.00 e. The second-order valence-electron chi connectivity index (χ2n) is 32.9. The molecule has 0 aliphatic carbocycles. The molecule has 18 rings (SSSR count). The molecule has 0 spiro atoms. The summed E-state index contributed by atoms with van der Waals surface area (Å²) in [6.07, 6.45) is 19.4. The van der Waals surface area contributed by atoms with E-state index in [0.29, 0.717) is 89.7 Å². The number of fused-ring (bicyclic) bond motifs is 40. The maximum atomic E-state index is 9.95. The summed E-state index contributed by atoms with van der Waals surface area (Å²) >= 11 is 0. The summed E-state index contributed by atoms with van der Waals surface area (Å²) in [4.78, 5) is 87.4. The Hall–Kier alpha value is -14.9. The van der Waals surface area contributed by atoms with Crippen molar-refractivity contribution in [3.8, 4) is 115 Å². The smallest absolute Gasteiger partial charge is 0.385 e. The van der Waals surface area contributed by atoms with Crippen LogP contribution in [-0.2, 0) is 78.5 Å². The van der Waals surface area contributed by atoms with Gasteiger partial charge >= 0.3 is 33.6 Å². The van der Waals surface area contributed by atoms with Crippen LogP contribution in [0.4, 0.5) is 22.7 Å². The van der Waals surface area contributed by atoms with E-state index >= 15 is 0 Å². The van der Waals surface area contributed by atoms with E-state index < -0.39 is 0 Å². The van der Waals surface area contributed by atoms with Crippen molar-refractivity contribution in [2.75, 3.05) is 110 Å². The molecule has 0 unspecified atom stereocenters. The summed E-state index contributed by atoms with van der Waals surface area (Å²) in [5, 5.41) is 44.9. The van der Waals surface area contributed by atoms with Crippen LogP contribution in [-0.4, -0.2) is 174 Å². The van der Waals surface area contributed by atoms with E-state index in [1.165, 1.54) is 151 Å². The first-order valence-electron chi connectivity index (χ1n) is 48.4. The first-order chi connectivity index (χ1) is 70.9. The minimum atomic E-state index is 0. The van der Waals surface area contributed by atoms with Gasteiger partial charge in [-0.05, 0) is 120 Å². The van der Waals surface area contributed by atoms with Crippen LogP contribution in [0.25, 0.3) is 199 Å². The van der Waals surface area contributed by atoms with Crippen LogP contribution < -0.4 is 15.0 Å². The van der Waals surface area contributed by atoms with Gasteiger partial charge in [0.1, 0.15) is 23.4 Å². The number of benzene rings is 8. The van der Waals surface area contributed by atoms with Gasteiger partial charge in [0.15, 0.2) is 23.0 Å². The van der Waals surface area contributed by atoms with E-state index in [0.717, 1.165) is 96.7 Å². The van der Waals surface area contributed by atoms with Gasteiger partial charge in [0, 0.05) is 206 Å². The van der Waals surface area contributed by atoms with Crippen molar-refractivity contribution in [2.45, 2.75) is 158 Å². The summed E-state index contributed by atoms with van der Waals surface area (Å²) in [7, 11) is 15.5. The molecule has 8 aromatic carbocycles. The van der Waals surface area contributed by atoms with Gasteiger partial charge in [-0.15, -0.1) is 0 Å². The minimum absolute atomic E-state index is 0. The van der Waals surface area contributed by atoms with E-state index in [2.05, 4.69) is 74.8 Å². The molecule has 768 valence electrons. The second kappa shape index (κ2) is 64.9. The molecule has 32 nitrogen and oxygen atoms in total. The normalized spacial score (nSPS) is 10.3. The molecule has 4 aliphatic rings. The van der Waals surface area contributed by atoms with Crippen LogP contribution in [0.2, 0.25) is 0 Å². The third-order valence-corrected chi connectivity index (χ3v) is 22.5. The maximum absolute atomic E-state index is 9.95. The molecule has 34 heteroatoms. The Labute approximate surface area is 888 Å². The Balaban J connectivity index is 0.000000315.